The molecule has 2 aromatic heterocycles. The summed E-state index contributed by atoms with van der Waals surface area (Å²) in [6, 6.07) is 10.6. The molecule has 7 nitrogen and oxygen atoms in total. The smallest absolute Gasteiger partial charge is 0.191 e. The van der Waals surface area contributed by atoms with Gasteiger partial charge in [0.05, 0.1) is 19.3 Å². The monoisotopic (exact) mass is 416 g/mol. The van der Waals surface area contributed by atoms with E-state index in [0.717, 1.165) is 70.6 Å². The lowest BCUT2D eigenvalue weighted by molar-refractivity contribution is 0.0177. The first-order valence-electron chi connectivity index (χ1n) is 10.3. The highest BCUT2D eigenvalue weighted by atomic mass is 32.1. The lowest BCUT2D eigenvalue weighted by Crippen LogP contribution is -2.46. The topological polar surface area (TPSA) is 73.8 Å². The number of aromatic nitrogens is 1. The molecule has 0 bridgehead atoms. The molecule has 1 unspecified atom stereocenters. The lowest BCUT2D eigenvalue weighted by atomic mass is 10.2. The van der Waals surface area contributed by atoms with Crippen LogP contribution in [0, 0.1) is 0 Å². The largest absolute Gasteiger partial charge is 0.379 e. The molecule has 158 valence electrons. The van der Waals surface area contributed by atoms with Crippen LogP contribution in [-0.2, 0) is 4.74 Å². The predicted molar refractivity (Wildman–Crippen MR) is 121 cm³/mol. The summed E-state index contributed by atoms with van der Waals surface area (Å²) in [4.78, 5) is 12.5. The van der Waals surface area contributed by atoms with E-state index in [1.807, 2.05) is 36.6 Å². The molecule has 0 aromatic carbocycles. The second-order valence-corrected chi connectivity index (χ2v) is 7.89. The maximum absolute atomic E-state index is 5.52. The minimum atomic E-state index is 0.347. The van der Waals surface area contributed by atoms with Crippen molar-refractivity contribution in [3.8, 4) is 0 Å². The molecule has 8 heteroatoms. The van der Waals surface area contributed by atoms with Crippen molar-refractivity contribution in [1.29, 1.82) is 0 Å². The van der Waals surface area contributed by atoms with E-state index in [2.05, 4.69) is 48.3 Å². The molecule has 0 saturated carbocycles. The number of thiophene rings is 1. The molecule has 0 amide bonds. The van der Waals surface area contributed by atoms with Crippen LogP contribution in [0.4, 0.5) is 5.82 Å². The Labute approximate surface area is 177 Å². The van der Waals surface area contributed by atoms with Crippen LogP contribution in [0.15, 0.2) is 46.9 Å². The van der Waals surface area contributed by atoms with Gasteiger partial charge in [0.25, 0.3) is 0 Å². The number of aliphatic imine (C=N–C) groups is 1. The van der Waals surface area contributed by atoms with E-state index in [9.17, 15) is 0 Å². The average Bonchev–Trinajstić information content (AvgIpc) is 3.31. The quantitative estimate of drug-likeness (QED) is 0.314. The normalized spacial score (nSPS) is 16.4. The van der Waals surface area contributed by atoms with E-state index in [0.29, 0.717) is 6.04 Å². The van der Waals surface area contributed by atoms with Gasteiger partial charge in [-0.25, -0.2) is 4.98 Å². The van der Waals surface area contributed by atoms with Gasteiger partial charge in [-0.1, -0.05) is 12.1 Å². The van der Waals surface area contributed by atoms with Crippen molar-refractivity contribution < 1.29 is 4.74 Å². The summed E-state index contributed by atoms with van der Waals surface area (Å²) in [6.07, 6.45) is 3.95. The van der Waals surface area contributed by atoms with Crippen molar-refractivity contribution in [3.63, 3.8) is 0 Å². The molecule has 1 atom stereocenters. The second-order valence-electron chi connectivity index (χ2n) is 6.91. The van der Waals surface area contributed by atoms with E-state index in [1.165, 1.54) is 4.88 Å². The second kappa shape index (κ2) is 12.4. The van der Waals surface area contributed by atoms with Crippen molar-refractivity contribution >= 4 is 23.1 Å². The van der Waals surface area contributed by atoms with Crippen molar-refractivity contribution in [2.45, 2.75) is 18.9 Å². The first-order valence-corrected chi connectivity index (χ1v) is 11.2. The SMILES string of the molecule is CN=C(NCCCCNc1ccccn1)NCC(c1cccs1)N1CCOCC1. The van der Waals surface area contributed by atoms with Gasteiger partial charge in [0.2, 0.25) is 0 Å². The molecule has 0 spiro atoms. The third-order valence-corrected chi connectivity index (χ3v) is 5.89. The molecule has 2 aromatic rings. The third kappa shape index (κ3) is 7.30. The number of nitrogens with zero attached hydrogens (tertiary/aromatic N) is 3. The first kappa shape index (κ1) is 21.5. The molecule has 1 aliphatic rings. The molecule has 1 aliphatic heterocycles. The molecule has 3 N–H and O–H groups in total. The number of rotatable bonds is 10. The van der Waals surface area contributed by atoms with Gasteiger partial charge in [0, 0.05) is 50.8 Å². The Morgan fingerprint density at radius 1 is 1.17 bits per heavy atom. The van der Waals surface area contributed by atoms with Gasteiger partial charge in [-0.05, 0) is 36.4 Å². The van der Waals surface area contributed by atoms with Gasteiger partial charge in [0.1, 0.15) is 5.82 Å². The molecule has 1 saturated heterocycles. The van der Waals surface area contributed by atoms with E-state index in [-0.39, 0.29) is 0 Å². The van der Waals surface area contributed by atoms with E-state index < -0.39 is 0 Å². The molecular weight excluding hydrogens is 384 g/mol. The Hall–Kier alpha value is -2.16. The van der Waals surface area contributed by atoms with Gasteiger partial charge in [0.15, 0.2) is 5.96 Å². The molecule has 1 fully saturated rings. The zero-order valence-corrected chi connectivity index (χ0v) is 18.0. The molecule has 3 rings (SSSR count). The number of pyridine rings is 1. The van der Waals surface area contributed by atoms with Crippen molar-refractivity contribution in [3.05, 3.63) is 46.8 Å². The predicted octanol–water partition coefficient (Wildman–Crippen LogP) is 2.57. The summed E-state index contributed by atoms with van der Waals surface area (Å²) < 4.78 is 5.52. The highest BCUT2D eigenvalue weighted by molar-refractivity contribution is 7.10. The fourth-order valence-corrected chi connectivity index (χ4v) is 4.20. The third-order valence-electron chi connectivity index (χ3n) is 4.91. The fraction of sp³-hybridized carbons (Fsp3) is 0.524. The van der Waals surface area contributed by atoms with Gasteiger partial charge in [-0.3, -0.25) is 9.89 Å². The Morgan fingerprint density at radius 2 is 2.03 bits per heavy atom. The van der Waals surface area contributed by atoms with Crippen LogP contribution in [0.25, 0.3) is 0 Å². The summed E-state index contributed by atoms with van der Waals surface area (Å²) >= 11 is 1.81. The van der Waals surface area contributed by atoms with Crippen LogP contribution in [0.2, 0.25) is 0 Å². The minimum absolute atomic E-state index is 0.347. The molecular formula is C21H32N6OS. The zero-order valence-electron chi connectivity index (χ0n) is 17.1. The molecule has 3 heterocycles. The molecule has 29 heavy (non-hydrogen) atoms. The van der Waals surface area contributed by atoms with Crippen molar-refractivity contribution in [2.75, 3.05) is 58.3 Å². The first-order chi connectivity index (χ1) is 14.4. The summed E-state index contributed by atoms with van der Waals surface area (Å²) in [5.41, 5.74) is 0. The summed E-state index contributed by atoms with van der Waals surface area (Å²) in [6.45, 7) is 6.20. The van der Waals surface area contributed by atoms with Gasteiger partial charge < -0.3 is 20.7 Å². The number of hydrogen-bond acceptors (Lipinski definition) is 6. The van der Waals surface area contributed by atoms with Crippen LogP contribution in [0.3, 0.4) is 0 Å². The number of morpholine rings is 1. The van der Waals surface area contributed by atoms with Crippen molar-refractivity contribution in [1.82, 2.24) is 20.5 Å². The van der Waals surface area contributed by atoms with Gasteiger partial charge >= 0.3 is 0 Å². The Kier molecular flexibility index (Phi) is 9.22. The van der Waals surface area contributed by atoms with E-state index in [1.54, 1.807) is 6.20 Å². The number of guanidine groups is 1. The number of anilines is 1. The number of ether oxygens (including phenoxy) is 1. The van der Waals surface area contributed by atoms with E-state index in [4.69, 9.17) is 4.74 Å². The van der Waals surface area contributed by atoms with E-state index >= 15 is 0 Å². The van der Waals surface area contributed by atoms with Crippen molar-refractivity contribution in [2.24, 2.45) is 4.99 Å². The van der Waals surface area contributed by atoms with Crippen LogP contribution < -0.4 is 16.0 Å². The highest BCUT2D eigenvalue weighted by Gasteiger charge is 2.23. The van der Waals surface area contributed by atoms with Crippen LogP contribution >= 0.6 is 11.3 Å². The average molecular weight is 417 g/mol. The number of nitrogens with one attached hydrogen (secondary N) is 3. The zero-order chi connectivity index (χ0) is 20.2. The number of unbranched alkanes of at least 4 members (excludes halogenated alkanes) is 1. The van der Waals surface area contributed by atoms with Crippen LogP contribution in [-0.4, -0.2) is 68.8 Å². The summed E-state index contributed by atoms with van der Waals surface area (Å²) in [5.74, 6) is 1.79. The standard InChI is InChI=1S/C21H32N6OS/c1-22-21(25-11-5-4-10-24-20-8-2-3-9-23-20)26-17-18(19-7-6-16-29-19)27-12-14-28-15-13-27/h2-3,6-9,16,18H,4-5,10-15,17H2,1H3,(H,23,24)(H2,22,25,26). The summed E-state index contributed by atoms with van der Waals surface area (Å²) in [7, 11) is 1.83. The molecule has 0 aliphatic carbocycles. The fourth-order valence-electron chi connectivity index (χ4n) is 3.33. The van der Waals surface area contributed by atoms with Gasteiger partial charge in [-0.2, -0.15) is 0 Å². The maximum Gasteiger partial charge on any atom is 0.191 e. The van der Waals surface area contributed by atoms with Crippen LogP contribution in [0.5, 0.6) is 0 Å². The summed E-state index contributed by atoms with van der Waals surface area (Å²) in [5, 5.41) is 12.4. The lowest BCUT2D eigenvalue weighted by Gasteiger charge is -2.34. The Balaban J connectivity index is 1.37. The Morgan fingerprint density at radius 3 is 2.76 bits per heavy atom. The maximum atomic E-state index is 5.52. The highest BCUT2D eigenvalue weighted by Crippen LogP contribution is 2.25. The van der Waals surface area contributed by atoms with Gasteiger partial charge in [-0.15, -0.1) is 11.3 Å². The molecule has 0 radical (unpaired) electrons. The Bertz CT molecular complexity index is 703. The minimum Gasteiger partial charge on any atom is -0.379 e. The number of hydrogen-bond donors (Lipinski definition) is 3. The van der Waals surface area contributed by atoms with Crippen LogP contribution in [0.1, 0.15) is 23.8 Å².